The number of unbranched alkanes of at least 4 members (excludes halogenated alkanes) is 11. The molecule has 0 bridgehead atoms. The molecule has 0 aliphatic carbocycles. The Kier molecular flexibility index (Phi) is 16.6. The van der Waals surface area contributed by atoms with Crippen LogP contribution in [0.5, 0.6) is 0 Å². The van der Waals surface area contributed by atoms with Crippen LogP contribution in [0.4, 0.5) is 0 Å². The summed E-state index contributed by atoms with van der Waals surface area (Å²) in [5.74, 6) is 0.941. The first-order valence-electron chi connectivity index (χ1n) is 11.6. The average molecular weight is 385 g/mol. The van der Waals surface area contributed by atoms with Gasteiger partial charge in [0, 0.05) is 6.42 Å². The summed E-state index contributed by atoms with van der Waals surface area (Å²) in [6.07, 6.45) is 20.9. The lowest BCUT2D eigenvalue weighted by molar-refractivity contribution is -0.135. The fraction of sp³-hybridized carbons (Fsp3) is 0.957. The second-order valence-electron chi connectivity index (χ2n) is 9.26. The van der Waals surface area contributed by atoms with Crippen LogP contribution in [0.3, 0.4) is 0 Å². The molecule has 1 unspecified atom stereocenters. The minimum Gasteiger partial charge on any atom is -0.520 e. The molecule has 2 nitrogen and oxygen atoms in total. The number of carbonyl (C=O) groups excluding carboxylic acids is 1. The smallest absolute Gasteiger partial charge is 0.292 e. The van der Waals surface area contributed by atoms with E-state index in [2.05, 4.69) is 33.5 Å². The third kappa shape index (κ3) is 20.0. The van der Waals surface area contributed by atoms with Crippen molar-refractivity contribution in [1.82, 2.24) is 0 Å². The first-order valence-corrected chi connectivity index (χ1v) is 15.0. The number of hydrogen-bond donors (Lipinski definition) is 0. The van der Waals surface area contributed by atoms with Crippen LogP contribution in [0.1, 0.15) is 117 Å². The summed E-state index contributed by atoms with van der Waals surface area (Å²) < 4.78 is 5.47. The highest BCUT2D eigenvalue weighted by Crippen LogP contribution is 2.18. The van der Waals surface area contributed by atoms with E-state index in [0.717, 1.165) is 12.3 Å². The molecule has 0 saturated carbocycles. The first kappa shape index (κ1) is 25.7. The standard InChI is InChI=1S/C23H48O2Si/c1-6-7-8-13-16-19-22(2)20-17-14-11-9-10-12-15-18-21-23(24)25-26(3,4)5/h22H,6-21H2,1-5H3. The first-order chi connectivity index (χ1) is 12.3. The summed E-state index contributed by atoms with van der Waals surface area (Å²) in [5, 5.41) is 0. The second-order valence-corrected chi connectivity index (χ2v) is 13.7. The Morgan fingerprint density at radius 3 is 1.62 bits per heavy atom. The summed E-state index contributed by atoms with van der Waals surface area (Å²) in [4.78, 5) is 11.6. The van der Waals surface area contributed by atoms with Crippen molar-refractivity contribution < 1.29 is 9.22 Å². The second kappa shape index (κ2) is 16.8. The third-order valence-corrected chi connectivity index (χ3v) is 5.89. The monoisotopic (exact) mass is 384 g/mol. The van der Waals surface area contributed by atoms with Crippen LogP contribution in [0.15, 0.2) is 0 Å². The van der Waals surface area contributed by atoms with E-state index in [9.17, 15) is 4.79 Å². The molecule has 0 N–H and O–H groups in total. The normalized spacial score (nSPS) is 13.0. The molecule has 0 fully saturated rings. The van der Waals surface area contributed by atoms with Crippen molar-refractivity contribution in [3.8, 4) is 0 Å². The summed E-state index contributed by atoms with van der Waals surface area (Å²) in [7, 11) is -1.69. The van der Waals surface area contributed by atoms with E-state index in [1.807, 2.05) is 0 Å². The molecule has 0 radical (unpaired) electrons. The summed E-state index contributed by atoms with van der Waals surface area (Å²) >= 11 is 0. The molecule has 26 heavy (non-hydrogen) atoms. The van der Waals surface area contributed by atoms with Gasteiger partial charge in [-0.1, -0.05) is 104 Å². The van der Waals surface area contributed by atoms with Crippen molar-refractivity contribution >= 4 is 14.3 Å². The highest BCUT2D eigenvalue weighted by molar-refractivity contribution is 6.71. The molecule has 156 valence electrons. The highest BCUT2D eigenvalue weighted by atomic mass is 28.4. The predicted molar refractivity (Wildman–Crippen MR) is 118 cm³/mol. The molecule has 0 rings (SSSR count). The van der Waals surface area contributed by atoms with E-state index >= 15 is 0 Å². The Balaban J connectivity index is 3.27. The predicted octanol–water partition coefficient (Wildman–Crippen LogP) is 8.26. The maximum absolute atomic E-state index is 11.6. The molecule has 0 aromatic heterocycles. The van der Waals surface area contributed by atoms with E-state index in [1.165, 1.54) is 89.9 Å². The third-order valence-electron chi connectivity index (χ3n) is 5.05. The van der Waals surface area contributed by atoms with Crippen LogP contribution in [0.25, 0.3) is 0 Å². The zero-order valence-corrected chi connectivity index (χ0v) is 19.7. The van der Waals surface area contributed by atoms with Crippen molar-refractivity contribution in [3.05, 3.63) is 0 Å². The molecule has 0 aromatic carbocycles. The van der Waals surface area contributed by atoms with Crippen LogP contribution in [0, 0.1) is 5.92 Å². The Morgan fingerprint density at radius 2 is 1.15 bits per heavy atom. The number of rotatable bonds is 18. The van der Waals surface area contributed by atoms with Crippen molar-refractivity contribution in [2.75, 3.05) is 0 Å². The van der Waals surface area contributed by atoms with Crippen molar-refractivity contribution in [1.29, 1.82) is 0 Å². The van der Waals surface area contributed by atoms with Crippen LogP contribution in [-0.4, -0.2) is 14.3 Å². The highest BCUT2D eigenvalue weighted by Gasteiger charge is 2.19. The van der Waals surface area contributed by atoms with Gasteiger partial charge < -0.3 is 4.43 Å². The molecular formula is C23H48O2Si. The van der Waals surface area contributed by atoms with Gasteiger partial charge in [-0.3, -0.25) is 4.79 Å². The summed E-state index contributed by atoms with van der Waals surface area (Å²) in [6.45, 7) is 10.9. The molecular weight excluding hydrogens is 336 g/mol. The van der Waals surface area contributed by atoms with Gasteiger partial charge in [-0.05, 0) is 32.0 Å². The van der Waals surface area contributed by atoms with Gasteiger partial charge in [-0.2, -0.15) is 0 Å². The number of hydrogen-bond acceptors (Lipinski definition) is 2. The van der Waals surface area contributed by atoms with E-state index < -0.39 is 8.32 Å². The molecule has 0 saturated heterocycles. The lowest BCUT2D eigenvalue weighted by atomic mass is 9.96. The fourth-order valence-electron chi connectivity index (χ4n) is 3.46. The van der Waals surface area contributed by atoms with Crippen LogP contribution < -0.4 is 0 Å². The summed E-state index contributed by atoms with van der Waals surface area (Å²) in [6, 6.07) is 0. The van der Waals surface area contributed by atoms with Gasteiger partial charge in [0.1, 0.15) is 0 Å². The Bertz CT molecular complexity index is 323. The Morgan fingerprint density at radius 1 is 0.731 bits per heavy atom. The maximum Gasteiger partial charge on any atom is 0.292 e. The van der Waals surface area contributed by atoms with Gasteiger partial charge >= 0.3 is 0 Å². The van der Waals surface area contributed by atoms with Crippen LogP contribution in [-0.2, 0) is 9.22 Å². The molecule has 0 aliphatic heterocycles. The molecule has 0 aromatic rings. The number of carbonyl (C=O) groups is 1. The fourth-order valence-corrected chi connectivity index (χ4v) is 4.24. The SMILES string of the molecule is CCCCCCCC(C)CCCCCCCCCCC(=O)O[Si](C)(C)C. The molecule has 1 atom stereocenters. The topological polar surface area (TPSA) is 26.3 Å². The Labute approximate surface area is 166 Å². The average Bonchev–Trinajstić information content (AvgIpc) is 2.54. The van der Waals surface area contributed by atoms with Crippen molar-refractivity contribution in [2.24, 2.45) is 5.92 Å². The van der Waals surface area contributed by atoms with Crippen LogP contribution in [0.2, 0.25) is 19.6 Å². The van der Waals surface area contributed by atoms with E-state index in [0.29, 0.717) is 6.42 Å². The van der Waals surface area contributed by atoms with Gasteiger partial charge in [-0.15, -0.1) is 0 Å². The maximum atomic E-state index is 11.6. The Hall–Kier alpha value is -0.313. The quantitative estimate of drug-likeness (QED) is 0.175. The summed E-state index contributed by atoms with van der Waals surface area (Å²) in [5.41, 5.74) is 0. The van der Waals surface area contributed by atoms with Crippen LogP contribution >= 0.6 is 0 Å². The van der Waals surface area contributed by atoms with Gasteiger partial charge in [0.25, 0.3) is 5.97 Å². The van der Waals surface area contributed by atoms with Gasteiger partial charge in [0.2, 0.25) is 8.32 Å². The lowest BCUT2D eigenvalue weighted by Crippen LogP contribution is -2.28. The molecule has 0 aliphatic rings. The van der Waals surface area contributed by atoms with E-state index in [1.54, 1.807) is 0 Å². The van der Waals surface area contributed by atoms with Crippen molar-refractivity contribution in [2.45, 2.75) is 136 Å². The molecule has 3 heteroatoms. The van der Waals surface area contributed by atoms with Gasteiger partial charge in [0.05, 0.1) is 0 Å². The lowest BCUT2D eigenvalue weighted by Gasteiger charge is -2.17. The van der Waals surface area contributed by atoms with E-state index in [4.69, 9.17) is 4.43 Å². The zero-order valence-electron chi connectivity index (χ0n) is 18.7. The zero-order chi connectivity index (χ0) is 19.7. The largest absolute Gasteiger partial charge is 0.520 e. The van der Waals surface area contributed by atoms with Crippen molar-refractivity contribution in [3.63, 3.8) is 0 Å². The van der Waals surface area contributed by atoms with E-state index in [-0.39, 0.29) is 5.97 Å². The minimum atomic E-state index is -1.69. The van der Waals surface area contributed by atoms with Gasteiger partial charge in [-0.25, -0.2) is 0 Å². The molecule has 0 spiro atoms. The molecule has 0 amide bonds. The van der Waals surface area contributed by atoms with Gasteiger partial charge in [0.15, 0.2) is 0 Å². The minimum absolute atomic E-state index is 0.0173. The molecule has 0 heterocycles.